The summed E-state index contributed by atoms with van der Waals surface area (Å²) in [5.41, 5.74) is -1.47. The zero-order valence-corrected chi connectivity index (χ0v) is 11.9. The van der Waals surface area contributed by atoms with Gasteiger partial charge in [-0.3, -0.25) is 25.0 Å². The van der Waals surface area contributed by atoms with Crippen molar-refractivity contribution in [3.8, 4) is 0 Å². The first-order valence-corrected chi connectivity index (χ1v) is 6.36. The van der Waals surface area contributed by atoms with Gasteiger partial charge in [0.05, 0.1) is 26.5 Å². The molecule has 0 bridgehead atoms. The second kappa shape index (κ2) is 6.36. The molecule has 0 aliphatic rings. The fourth-order valence-corrected chi connectivity index (χ4v) is 1.83. The molecule has 0 atom stereocenters. The van der Waals surface area contributed by atoms with Crippen molar-refractivity contribution in [2.45, 2.75) is 0 Å². The van der Waals surface area contributed by atoms with Crippen molar-refractivity contribution in [1.82, 2.24) is 0 Å². The van der Waals surface area contributed by atoms with Crippen LogP contribution in [0.15, 0.2) is 36.4 Å². The van der Waals surface area contributed by atoms with Crippen LogP contribution >= 0.6 is 11.6 Å². The number of non-ortho nitro benzene ring substituents is 2. The summed E-state index contributed by atoms with van der Waals surface area (Å²) in [6.07, 6.45) is 0. The van der Waals surface area contributed by atoms with E-state index in [0.29, 0.717) is 0 Å². The summed E-state index contributed by atoms with van der Waals surface area (Å²) >= 11 is 5.51. The average Bonchev–Trinajstić information content (AvgIpc) is 2.50. The number of rotatable bonds is 4. The van der Waals surface area contributed by atoms with Crippen LogP contribution in [0, 0.1) is 26.0 Å². The van der Waals surface area contributed by atoms with Gasteiger partial charge >= 0.3 is 0 Å². The number of nitrogens with one attached hydrogen (secondary N) is 1. The minimum atomic E-state index is -0.862. The monoisotopic (exact) mass is 339 g/mol. The summed E-state index contributed by atoms with van der Waals surface area (Å²) < 4.78 is 13.3. The summed E-state index contributed by atoms with van der Waals surface area (Å²) in [6, 6.07) is 5.98. The fraction of sp³-hybridized carbons (Fsp3) is 0. The quantitative estimate of drug-likeness (QED) is 0.675. The molecular weight excluding hydrogens is 333 g/mol. The molecule has 0 aliphatic carbocycles. The lowest BCUT2D eigenvalue weighted by molar-refractivity contribution is -0.394. The normalized spacial score (nSPS) is 10.2. The van der Waals surface area contributed by atoms with Crippen LogP contribution in [-0.2, 0) is 0 Å². The summed E-state index contributed by atoms with van der Waals surface area (Å²) in [5, 5.41) is 23.7. The number of amides is 1. The molecule has 0 heterocycles. The van der Waals surface area contributed by atoms with Crippen LogP contribution in [0.25, 0.3) is 0 Å². The van der Waals surface area contributed by atoms with Crippen LogP contribution in [0.4, 0.5) is 21.5 Å². The molecule has 0 saturated carbocycles. The van der Waals surface area contributed by atoms with Crippen LogP contribution in [0.3, 0.4) is 0 Å². The number of nitro groups is 2. The Labute approximate surface area is 132 Å². The maximum Gasteiger partial charge on any atom is 0.277 e. The topological polar surface area (TPSA) is 115 Å². The molecule has 0 aromatic heterocycles. The van der Waals surface area contributed by atoms with Crippen molar-refractivity contribution in [2.24, 2.45) is 0 Å². The Bertz CT molecular complexity index is 795. The number of carbonyl (C=O) groups is 1. The summed E-state index contributed by atoms with van der Waals surface area (Å²) in [7, 11) is 0. The number of halogens is 2. The molecule has 1 amide bonds. The molecule has 8 nitrogen and oxygen atoms in total. The third-order valence-electron chi connectivity index (χ3n) is 2.76. The number of benzene rings is 2. The highest BCUT2D eigenvalue weighted by Crippen LogP contribution is 2.24. The summed E-state index contributed by atoms with van der Waals surface area (Å²) in [4.78, 5) is 31.9. The van der Waals surface area contributed by atoms with E-state index in [2.05, 4.69) is 5.32 Å². The second-order valence-corrected chi connectivity index (χ2v) is 4.74. The van der Waals surface area contributed by atoms with Gasteiger partial charge in [0.25, 0.3) is 17.3 Å². The molecule has 1 N–H and O–H groups in total. The standard InChI is InChI=1S/C13H7ClFN3O5/c14-11-2-1-8(5-12(11)15)16-13(19)7-3-9(17(20)21)6-10(4-7)18(22)23/h1-6H,(H,16,19). The van der Waals surface area contributed by atoms with Crippen LogP contribution in [-0.4, -0.2) is 15.8 Å². The Balaban J connectivity index is 2.36. The Morgan fingerprint density at radius 3 is 2.09 bits per heavy atom. The molecule has 0 spiro atoms. The van der Waals surface area contributed by atoms with E-state index >= 15 is 0 Å². The summed E-state index contributed by atoms with van der Waals surface area (Å²) in [6.45, 7) is 0. The minimum Gasteiger partial charge on any atom is -0.322 e. The number of hydrogen-bond donors (Lipinski definition) is 1. The zero-order chi connectivity index (χ0) is 17.1. The van der Waals surface area contributed by atoms with E-state index < -0.39 is 32.9 Å². The van der Waals surface area contributed by atoms with E-state index in [4.69, 9.17) is 11.6 Å². The second-order valence-electron chi connectivity index (χ2n) is 4.34. The molecule has 0 aliphatic heterocycles. The van der Waals surface area contributed by atoms with Gasteiger partial charge in [0, 0.05) is 17.8 Å². The maximum atomic E-state index is 13.3. The highest BCUT2D eigenvalue weighted by Gasteiger charge is 2.20. The minimum absolute atomic E-state index is 0.0473. The third kappa shape index (κ3) is 3.77. The Morgan fingerprint density at radius 2 is 1.61 bits per heavy atom. The molecular formula is C13H7ClFN3O5. The molecule has 0 unspecified atom stereocenters. The highest BCUT2D eigenvalue weighted by molar-refractivity contribution is 6.30. The van der Waals surface area contributed by atoms with Crippen molar-refractivity contribution in [3.63, 3.8) is 0 Å². The first-order chi connectivity index (χ1) is 10.8. The molecule has 23 heavy (non-hydrogen) atoms. The first kappa shape index (κ1) is 16.3. The lowest BCUT2D eigenvalue weighted by Crippen LogP contribution is -2.12. The number of nitro benzene ring substituents is 2. The fourth-order valence-electron chi connectivity index (χ4n) is 1.71. The van der Waals surface area contributed by atoms with Crippen LogP contribution < -0.4 is 5.32 Å². The van der Waals surface area contributed by atoms with Gasteiger partial charge in [-0.15, -0.1) is 0 Å². The van der Waals surface area contributed by atoms with Crippen molar-refractivity contribution in [3.05, 3.63) is 73.0 Å². The predicted molar refractivity (Wildman–Crippen MR) is 79.1 cm³/mol. The van der Waals surface area contributed by atoms with Gasteiger partial charge in [0.15, 0.2) is 0 Å². The first-order valence-electron chi connectivity index (χ1n) is 5.98. The van der Waals surface area contributed by atoms with E-state index in [-0.39, 0.29) is 16.3 Å². The van der Waals surface area contributed by atoms with Crippen molar-refractivity contribution >= 4 is 34.6 Å². The van der Waals surface area contributed by atoms with Gasteiger partial charge in [-0.2, -0.15) is 0 Å². The van der Waals surface area contributed by atoms with Crippen molar-refractivity contribution < 1.29 is 19.0 Å². The SMILES string of the molecule is O=C(Nc1ccc(Cl)c(F)c1)c1cc([N+](=O)[O-])cc([N+](=O)[O-])c1. The van der Waals surface area contributed by atoms with Gasteiger partial charge in [-0.05, 0) is 18.2 Å². The Kier molecular flexibility index (Phi) is 4.51. The molecule has 2 aromatic carbocycles. The summed E-state index contributed by atoms with van der Waals surface area (Å²) in [5.74, 6) is -1.63. The molecule has 2 rings (SSSR count). The third-order valence-corrected chi connectivity index (χ3v) is 3.07. The maximum absolute atomic E-state index is 13.3. The number of anilines is 1. The van der Waals surface area contributed by atoms with Gasteiger partial charge in [-0.1, -0.05) is 11.6 Å². The Hall–Kier alpha value is -3.07. The van der Waals surface area contributed by atoms with Crippen LogP contribution in [0.2, 0.25) is 5.02 Å². The largest absolute Gasteiger partial charge is 0.322 e. The van der Waals surface area contributed by atoms with Gasteiger partial charge in [0.2, 0.25) is 0 Å². The number of carbonyl (C=O) groups excluding carboxylic acids is 1. The van der Waals surface area contributed by atoms with Gasteiger partial charge < -0.3 is 5.32 Å². The molecule has 118 valence electrons. The molecule has 0 saturated heterocycles. The van der Waals surface area contributed by atoms with Crippen molar-refractivity contribution in [1.29, 1.82) is 0 Å². The molecule has 0 fully saturated rings. The smallest absolute Gasteiger partial charge is 0.277 e. The van der Waals surface area contributed by atoms with Gasteiger partial charge in [0.1, 0.15) is 5.82 Å². The van der Waals surface area contributed by atoms with E-state index in [1.54, 1.807) is 0 Å². The van der Waals surface area contributed by atoms with Crippen molar-refractivity contribution in [2.75, 3.05) is 5.32 Å². The zero-order valence-electron chi connectivity index (χ0n) is 11.2. The van der Waals surface area contributed by atoms with E-state index in [1.165, 1.54) is 12.1 Å². The highest BCUT2D eigenvalue weighted by atomic mass is 35.5. The van der Waals surface area contributed by atoms with E-state index in [0.717, 1.165) is 24.3 Å². The van der Waals surface area contributed by atoms with Crippen LogP contribution in [0.1, 0.15) is 10.4 Å². The van der Waals surface area contributed by atoms with E-state index in [1.807, 2.05) is 0 Å². The molecule has 0 radical (unpaired) electrons. The van der Waals surface area contributed by atoms with E-state index in [9.17, 15) is 29.4 Å². The number of hydrogen-bond acceptors (Lipinski definition) is 5. The van der Waals surface area contributed by atoms with Gasteiger partial charge in [-0.25, -0.2) is 4.39 Å². The number of nitrogens with zero attached hydrogens (tertiary/aromatic N) is 2. The molecule has 10 heteroatoms. The van der Waals surface area contributed by atoms with Crippen LogP contribution in [0.5, 0.6) is 0 Å². The average molecular weight is 340 g/mol. The lowest BCUT2D eigenvalue weighted by atomic mass is 10.1. The lowest BCUT2D eigenvalue weighted by Gasteiger charge is -2.06. The molecule has 2 aromatic rings. The Morgan fingerprint density at radius 1 is 1.04 bits per heavy atom. The predicted octanol–water partition coefficient (Wildman–Crippen LogP) is 3.55.